The Morgan fingerprint density at radius 3 is 2.62 bits per heavy atom. The number of nitrogens with zero attached hydrogens (tertiary/aromatic N) is 2. The molecule has 1 atom stereocenters. The molecule has 0 saturated carbocycles. The van der Waals surface area contributed by atoms with E-state index in [1.165, 1.54) is 4.31 Å². The summed E-state index contributed by atoms with van der Waals surface area (Å²) in [6, 6.07) is 14.8. The van der Waals surface area contributed by atoms with Crippen LogP contribution < -0.4 is 9.47 Å². The zero-order valence-electron chi connectivity index (χ0n) is 16.5. The van der Waals surface area contributed by atoms with Crippen LogP contribution in [0.2, 0.25) is 0 Å². The van der Waals surface area contributed by atoms with Crippen LogP contribution in [0.1, 0.15) is 5.56 Å². The summed E-state index contributed by atoms with van der Waals surface area (Å²) in [4.78, 5) is 2.44. The van der Waals surface area contributed by atoms with Crippen molar-refractivity contribution in [3.8, 4) is 11.5 Å². The molecule has 2 aliphatic heterocycles. The number of sulfonamides is 1. The Morgan fingerprint density at radius 1 is 1.07 bits per heavy atom. The highest BCUT2D eigenvalue weighted by atomic mass is 32.2. The van der Waals surface area contributed by atoms with Gasteiger partial charge in [0.1, 0.15) is 12.7 Å². The molecule has 0 spiro atoms. The second-order valence-corrected chi connectivity index (χ2v) is 9.30. The Hall–Kier alpha value is -2.13. The van der Waals surface area contributed by atoms with Gasteiger partial charge < -0.3 is 14.2 Å². The highest BCUT2D eigenvalue weighted by Crippen LogP contribution is 2.31. The average molecular weight is 419 g/mol. The molecule has 0 bridgehead atoms. The monoisotopic (exact) mass is 418 g/mol. The molecular formula is C21H26N2O5S. The molecule has 2 aliphatic rings. The summed E-state index contributed by atoms with van der Waals surface area (Å²) >= 11 is 0. The summed E-state index contributed by atoms with van der Waals surface area (Å²) in [5.74, 6) is 1.53. The largest absolute Gasteiger partial charge is 0.486 e. The maximum atomic E-state index is 12.9. The molecule has 0 N–H and O–H groups in total. The van der Waals surface area contributed by atoms with Gasteiger partial charge in [-0.3, -0.25) is 4.90 Å². The van der Waals surface area contributed by atoms with Gasteiger partial charge >= 0.3 is 0 Å². The van der Waals surface area contributed by atoms with Crippen molar-refractivity contribution in [1.82, 2.24) is 9.21 Å². The van der Waals surface area contributed by atoms with Gasteiger partial charge in [-0.1, -0.05) is 24.3 Å². The van der Waals surface area contributed by atoms with E-state index in [1.54, 1.807) is 18.2 Å². The summed E-state index contributed by atoms with van der Waals surface area (Å²) in [6.07, 6.45) is -0.0739. The number of benzene rings is 2. The molecule has 156 valence electrons. The van der Waals surface area contributed by atoms with Gasteiger partial charge in [0.15, 0.2) is 11.5 Å². The normalized spacial score (nSPS) is 20.0. The van der Waals surface area contributed by atoms with E-state index in [0.29, 0.717) is 50.9 Å². The fourth-order valence-electron chi connectivity index (χ4n) is 3.62. The van der Waals surface area contributed by atoms with Crippen LogP contribution in [-0.4, -0.2) is 70.2 Å². The highest BCUT2D eigenvalue weighted by Gasteiger charge is 2.27. The summed E-state index contributed by atoms with van der Waals surface area (Å²) in [5.41, 5.74) is 0.943. The van der Waals surface area contributed by atoms with E-state index in [0.717, 1.165) is 17.1 Å². The molecule has 0 aromatic heterocycles. The number of fused-ring (bicyclic) bond motifs is 1. The number of likely N-dealkylation sites (N-methyl/N-ethyl adjacent to an activating group) is 1. The van der Waals surface area contributed by atoms with Gasteiger partial charge in [-0.25, -0.2) is 8.42 Å². The van der Waals surface area contributed by atoms with Gasteiger partial charge in [0.2, 0.25) is 10.0 Å². The van der Waals surface area contributed by atoms with Crippen molar-refractivity contribution < 1.29 is 22.6 Å². The first-order valence-electron chi connectivity index (χ1n) is 9.76. The van der Waals surface area contributed by atoms with Crippen LogP contribution in [-0.2, 0) is 21.3 Å². The Labute approximate surface area is 171 Å². The van der Waals surface area contributed by atoms with Crippen LogP contribution in [0.25, 0.3) is 0 Å². The van der Waals surface area contributed by atoms with Crippen LogP contribution >= 0.6 is 0 Å². The molecular weight excluding hydrogens is 392 g/mol. The minimum atomic E-state index is -3.49. The van der Waals surface area contributed by atoms with Crippen LogP contribution in [0.5, 0.6) is 11.5 Å². The summed E-state index contributed by atoms with van der Waals surface area (Å²) in [6.45, 7) is 3.46. The van der Waals surface area contributed by atoms with E-state index < -0.39 is 10.0 Å². The molecule has 8 heteroatoms. The second kappa shape index (κ2) is 8.71. The lowest BCUT2D eigenvalue weighted by atomic mass is 10.2. The lowest BCUT2D eigenvalue weighted by Crippen LogP contribution is -2.40. The first-order chi connectivity index (χ1) is 14.0. The SMILES string of the molecule is CN(Cc1cccc(S(=O)(=O)N2CCOCC2)c1)CC1COc2ccccc2O1. The minimum absolute atomic E-state index is 0.0739. The van der Waals surface area contributed by atoms with E-state index in [4.69, 9.17) is 14.2 Å². The molecule has 1 saturated heterocycles. The van der Waals surface area contributed by atoms with Gasteiger partial charge in [-0.15, -0.1) is 0 Å². The van der Waals surface area contributed by atoms with Crippen molar-refractivity contribution in [1.29, 1.82) is 0 Å². The summed E-state index contributed by atoms with van der Waals surface area (Å²) < 4.78 is 44.3. The van der Waals surface area contributed by atoms with E-state index in [1.807, 2.05) is 37.4 Å². The van der Waals surface area contributed by atoms with Gasteiger partial charge in [-0.05, 0) is 36.9 Å². The van der Waals surface area contributed by atoms with Gasteiger partial charge in [0.25, 0.3) is 0 Å². The van der Waals surface area contributed by atoms with Crippen molar-refractivity contribution in [2.45, 2.75) is 17.5 Å². The second-order valence-electron chi connectivity index (χ2n) is 7.36. The highest BCUT2D eigenvalue weighted by molar-refractivity contribution is 7.89. The number of para-hydroxylation sites is 2. The van der Waals surface area contributed by atoms with E-state index >= 15 is 0 Å². The minimum Gasteiger partial charge on any atom is -0.486 e. The molecule has 2 aromatic carbocycles. The Kier molecular flexibility index (Phi) is 6.05. The van der Waals surface area contributed by atoms with Crippen molar-refractivity contribution in [3.05, 3.63) is 54.1 Å². The van der Waals surface area contributed by atoms with Gasteiger partial charge in [0, 0.05) is 26.2 Å². The van der Waals surface area contributed by atoms with Crippen LogP contribution in [0.15, 0.2) is 53.4 Å². The molecule has 0 aliphatic carbocycles. The van der Waals surface area contributed by atoms with E-state index in [9.17, 15) is 8.42 Å². The zero-order valence-corrected chi connectivity index (χ0v) is 17.3. The number of hydrogen-bond acceptors (Lipinski definition) is 6. The number of hydrogen-bond donors (Lipinski definition) is 0. The molecule has 7 nitrogen and oxygen atoms in total. The third-order valence-corrected chi connectivity index (χ3v) is 6.94. The lowest BCUT2D eigenvalue weighted by Gasteiger charge is -2.29. The summed E-state index contributed by atoms with van der Waals surface area (Å²) in [7, 11) is -1.50. The predicted octanol–water partition coefficient (Wildman–Crippen LogP) is 1.98. The maximum Gasteiger partial charge on any atom is 0.243 e. The van der Waals surface area contributed by atoms with Crippen molar-refractivity contribution in [2.24, 2.45) is 0 Å². The molecule has 1 fully saturated rings. The van der Waals surface area contributed by atoms with Crippen LogP contribution in [0.4, 0.5) is 0 Å². The van der Waals surface area contributed by atoms with Crippen molar-refractivity contribution in [2.75, 3.05) is 46.5 Å². The number of ether oxygens (including phenoxy) is 3. The Morgan fingerprint density at radius 2 is 1.83 bits per heavy atom. The molecule has 29 heavy (non-hydrogen) atoms. The molecule has 2 heterocycles. The standard InChI is InChI=1S/C21H26N2O5S/c1-22(15-18-16-27-20-7-2-3-8-21(20)28-18)14-17-5-4-6-19(13-17)29(24,25)23-9-11-26-12-10-23/h2-8,13,18H,9-12,14-16H2,1H3. The Bertz CT molecular complexity index is 944. The summed E-state index contributed by atoms with van der Waals surface area (Å²) in [5, 5.41) is 0. The number of rotatable bonds is 6. The van der Waals surface area contributed by atoms with Gasteiger partial charge in [0.05, 0.1) is 18.1 Å². The molecule has 0 amide bonds. The quantitative estimate of drug-likeness (QED) is 0.715. The van der Waals surface area contributed by atoms with Crippen LogP contribution in [0.3, 0.4) is 0 Å². The molecule has 4 rings (SSSR count). The number of morpholine rings is 1. The van der Waals surface area contributed by atoms with Crippen molar-refractivity contribution >= 4 is 10.0 Å². The van der Waals surface area contributed by atoms with E-state index in [2.05, 4.69) is 4.90 Å². The maximum absolute atomic E-state index is 12.9. The third-order valence-electron chi connectivity index (χ3n) is 5.04. The fourth-order valence-corrected chi connectivity index (χ4v) is 5.10. The lowest BCUT2D eigenvalue weighted by molar-refractivity contribution is 0.0638. The van der Waals surface area contributed by atoms with Gasteiger partial charge in [-0.2, -0.15) is 4.31 Å². The van der Waals surface area contributed by atoms with Crippen molar-refractivity contribution in [3.63, 3.8) is 0 Å². The first-order valence-corrected chi connectivity index (χ1v) is 11.2. The van der Waals surface area contributed by atoms with E-state index in [-0.39, 0.29) is 6.10 Å². The molecule has 2 aromatic rings. The fraction of sp³-hybridized carbons (Fsp3) is 0.429. The topological polar surface area (TPSA) is 68.3 Å². The third kappa shape index (κ3) is 4.72. The zero-order chi connectivity index (χ0) is 20.3. The first kappa shape index (κ1) is 20.2. The molecule has 1 unspecified atom stereocenters. The molecule has 0 radical (unpaired) electrons. The Balaban J connectivity index is 1.39. The predicted molar refractivity (Wildman–Crippen MR) is 109 cm³/mol. The van der Waals surface area contributed by atoms with Crippen LogP contribution in [0, 0.1) is 0 Å². The average Bonchev–Trinajstić information content (AvgIpc) is 2.74. The smallest absolute Gasteiger partial charge is 0.243 e.